The molecule has 0 saturated carbocycles. The van der Waals surface area contributed by atoms with Gasteiger partial charge in [0.25, 0.3) is 0 Å². The number of rotatable bonds is 4. The Labute approximate surface area is 118 Å². The Kier molecular flexibility index (Phi) is 4.33. The summed E-state index contributed by atoms with van der Waals surface area (Å²) in [5.74, 6) is 0.946. The van der Waals surface area contributed by atoms with Crippen LogP contribution < -0.4 is 10.5 Å². The lowest BCUT2D eigenvalue weighted by atomic mass is 9.85. The summed E-state index contributed by atoms with van der Waals surface area (Å²) in [5.41, 5.74) is 7.30. The second-order valence-corrected chi connectivity index (χ2v) is 6.42. The van der Waals surface area contributed by atoms with Crippen LogP contribution in [-0.4, -0.2) is 5.60 Å². The molecule has 1 aromatic carbocycles. The predicted octanol–water partition coefficient (Wildman–Crippen LogP) is 4.57. The number of fused-ring (bicyclic) bond motifs is 1. The van der Waals surface area contributed by atoms with E-state index in [0.717, 1.165) is 28.6 Å². The fraction of sp³-hybridized carbons (Fsp3) is 0.600. The first-order valence-electron chi connectivity index (χ1n) is 6.78. The van der Waals surface area contributed by atoms with Gasteiger partial charge in [-0.25, -0.2) is 0 Å². The molecule has 0 aromatic heterocycles. The third-order valence-electron chi connectivity index (χ3n) is 3.69. The first-order chi connectivity index (χ1) is 8.54. The molecule has 18 heavy (non-hydrogen) atoms. The monoisotopic (exact) mass is 311 g/mol. The Balaban J connectivity index is 2.15. The molecule has 1 unspecified atom stereocenters. The van der Waals surface area contributed by atoms with Crippen molar-refractivity contribution in [1.82, 2.24) is 0 Å². The van der Waals surface area contributed by atoms with Crippen LogP contribution in [0.5, 0.6) is 5.75 Å². The van der Waals surface area contributed by atoms with Crippen molar-refractivity contribution in [2.75, 3.05) is 0 Å². The molecule has 2 rings (SSSR count). The number of hydrogen-bond acceptors (Lipinski definition) is 2. The summed E-state index contributed by atoms with van der Waals surface area (Å²) in [7, 11) is 0. The van der Waals surface area contributed by atoms with E-state index in [1.807, 2.05) is 12.1 Å². The molecule has 0 radical (unpaired) electrons. The van der Waals surface area contributed by atoms with Gasteiger partial charge in [0.15, 0.2) is 0 Å². The van der Waals surface area contributed by atoms with Crippen LogP contribution in [0.4, 0.5) is 0 Å². The minimum atomic E-state index is -0.109. The van der Waals surface area contributed by atoms with Crippen LogP contribution in [0.3, 0.4) is 0 Å². The van der Waals surface area contributed by atoms with Gasteiger partial charge in [-0.3, -0.25) is 0 Å². The summed E-state index contributed by atoms with van der Waals surface area (Å²) in [6, 6.07) is 6.22. The van der Waals surface area contributed by atoms with E-state index < -0.39 is 0 Å². The van der Waals surface area contributed by atoms with Crippen LogP contribution in [0.1, 0.15) is 57.6 Å². The van der Waals surface area contributed by atoms with Crippen molar-refractivity contribution >= 4 is 15.9 Å². The van der Waals surface area contributed by atoms with E-state index in [4.69, 9.17) is 10.5 Å². The van der Waals surface area contributed by atoms with Gasteiger partial charge in [-0.2, -0.15) is 0 Å². The van der Waals surface area contributed by atoms with E-state index in [1.165, 1.54) is 19.3 Å². The quantitative estimate of drug-likeness (QED) is 0.827. The van der Waals surface area contributed by atoms with Gasteiger partial charge in [0.2, 0.25) is 0 Å². The molecule has 0 aliphatic carbocycles. The van der Waals surface area contributed by atoms with Crippen molar-refractivity contribution in [3.63, 3.8) is 0 Å². The number of nitrogens with two attached hydrogens (primary N) is 1. The SMILES string of the molecule is CCCCCC1(C)C[C@H](N)c2ccc(Br)cc2O1. The molecule has 2 N–H and O–H groups in total. The van der Waals surface area contributed by atoms with Crippen LogP contribution >= 0.6 is 15.9 Å². The third-order valence-corrected chi connectivity index (χ3v) is 4.19. The van der Waals surface area contributed by atoms with Gasteiger partial charge in [-0.15, -0.1) is 0 Å². The molecule has 0 saturated heterocycles. The molecule has 2 atom stereocenters. The van der Waals surface area contributed by atoms with Crippen molar-refractivity contribution in [1.29, 1.82) is 0 Å². The Morgan fingerprint density at radius 1 is 1.44 bits per heavy atom. The number of hydrogen-bond donors (Lipinski definition) is 1. The molecule has 0 amide bonds. The van der Waals surface area contributed by atoms with Gasteiger partial charge >= 0.3 is 0 Å². The topological polar surface area (TPSA) is 35.2 Å². The molecule has 100 valence electrons. The smallest absolute Gasteiger partial charge is 0.126 e. The molecule has 0 spiro atoms. The maximum absolute atomic E-state index is 6.28. The largest absolute Gasteiger partial charge is 0.487 e. The van der Waals surface area contributed by atoms with Gasteiger partial charge in [0, 0.05) is 22.5 Å². The van der Waals surface area contributed by atoms with Crippen molar-refractivity contribution in [2.24, 2.45) is 5.73 Å². The molecule has 1 aromatic rings. The Morgan fingerprint density at radius 3 is 2.94 bits per heavy atom. The molecule has 0 fully saturated rings. The van der Waals surface area contributed by atoms with Gasteiger partial charge in [-0.05, 0) is 31.9 Å². The van der Waals surface area contributed by atoms with Crippen LogP contribution in [0, 0.1) is 0 Å². The van der Waals surface area contributed by atoms with Crippen molar-refractivity contribution in [3.8, 4) is 5.75 Å². The Morgan fingerprint density at radius 2 is 2.22 bits per heavy atom. The summed E-state index contributed by atoms with van der Waals surface area (Å²) >= 11 is 3.49. The van der Waals surface area contributed by atoms with Crippen molar-refractivity contribution in [3.05, 3.63) is 28.2 Å². The van der Waals surface area contributed by atoms with E-state index in [-0.39, 0.29) is 11.6 Å². The molecular formula is C15H22BrNO. The molecule has 2 nitrogen and oxygen atoms in total. The summed E-state index contributed by atoms with van der Waals surface area (Å²) in [5, 5.41) is 0. The fourth-order valence-corrected chi connectivity index (χ4v) is 3.03. The van der Waals surface area contributed by atoms with Gasteiger partial charge < -0.3 is 10.5 Å². The van der Waals surface area contributed by atoms with E-state index in [2.05, 4.69) is 35.8 Å². The fourth-order valence-electron chi connectivity index (χ4n) is 2.69. The highest BCUT2D eigenvalue weighted by Crippen LogP contribution is 2.41. The highest BCUT2D eigenvalue weighted by molar-refractivity contribution is 9.10. The van der Waals surface area contributed by atoms with Gasteiger partial charge in [0.05, 0.1) is 0 Å². The van der Waals surface area contributed by atoms with Crippen molar-refractivity contribution in [2.45, 2.75) is 57.6 Å². The average molecular weight is 312 g/mol. The van der Waals surface area contributed by atoms with Crippen LogP contribution in [0.2, 0.25) is 0 Å². The van der Waals surface area contributed by atoms with E-state index in [1.54, 1.807) is 0 Å². The number of halogens is 1. The first-order valence-corrected chi connectivity index (χ1v) is 7.57. The zero-order chi connectivity index (χ0) is 13.2. The maximum atomic E-state index is 6.28. The van der Waals surface area contributed by atoms with E-state index in [9.17, 15) is 0 Å². The molecule has 0 bridgehead atoms. The zero-order valence-corrected chi connectivity index (χ0v) is 12.8. The minimum absolute atomic E-state index is 0.0912. The Hall–Kier alpha value is -0.540. The summed E-state index contributed by atoms with van der Waals surface area (Å²) < 4.78 is 7.25. The lowest BCUT2D eigenvalue weighted by Gasteiger charge is -2.39. The van der Waals surface area contributed by atoms with Crippen molar-refractivity contribution < 1.29 is 4.74 Å². The van der Waals surface area contributed by atoms with Crippen LogP contribution in [-0.2, 0) is 0 Å². The summed E-state index contributed by atoms with van der Waals surface area (Å²) in [6.07, 6.45) is 5.71. The zero-order valence-electron chi connectivity index (χ0n) is 11.2. The lowest BCUT2D eigenvalue weighted by molar-refractivity contribution is 0.0430. The average Bonchev–Trinajstić information content (AvgIpc) is 2.28. The first kappa shape index (κ1) is 13.9. The van der Waals surface area contributed by atoms with Gasteiger partial charge in [-0.1, -0.05) is 41.8 Å². The summed E-state index contributed by atoms with van der Waals surface area (Å²) in [4.78, 5) is 0. The molecule has 3 heteroatoms. The minimum Gasteiger partial charge on any atom is -0.487 e. The molecule has 1 aliphatic heterocycles. The Bertz CT molecular complexity index is 421. The van der Waals surface area contributed by atoms with E-state index in [0.29, 0.717) is 0 Å². The number of ether oxygens (including phenoxy) is 1. The lowest BCUT2D eigenvalue weighted by Crippen LogP contribution is -2.40. The molecule has 1 aliphatic rings. The van der Waals surface area contributed by atoms with Crippen LogP contribution in [0.15, 0.2) is 22.7 Å². The van der Waals surface area contributed by atoms with Gasteiger partial charge in [0.1, 0.15) is 11.4 Å². The number of benzene rings is 1. The highest BCUT2D eigenvalue weighted by atomic mass is 79.9. The third kappa shape index (κ3) is 3.07. The second kappa shape index (κ2) is 5.62. The molecule has 1 heterocycles. The second-order valence-electron chi connectivity index (χ2n) is 5.50. The highest BCUT2D eigenvalue weighted by Gasteiger charge is 2.35. The maximum Gasteiger partial charge on any atom is 0.126 e. The summed E-state index contributed by atoms with van der Waals surface area (Å²) in [6.45, 7) is 4.41. The number of unbranched alkanes of at least 4 members (excludes halogenated alkanes) is 2. The van der Waals surface area contributed by atoms with Crippen LogP contribution in [0.25, 0.3) is 0 Å². The molecular weight excluding hydrogens is 290 g/mol. The van der Waals surface area contributed by atoms with E-state index >= 15 is 0 Å². The normalized spacial score (nSPS) is 26.6. The predicted molar refractivity (Wildman–Crippen MR) is 78.9 cm³/mol. The standard InChI is InChI=1S/C15H22BrNO/c1-3-4-5-8-15(2)10-13(17)12-7-6-11(16)9-14(12)18-15/h6-7,9,13H,3-5,8,10,17H2,1-2H3/t13-,15?/m0/s1.